The Morgan fingerprint density at radius 1 is 1.73 bits per heavy atom. The lowest BCUT2D eigenvalue weighted by atomic mass is 10.4. The average Bonchev–Trinajstić information content (AvgIpc) is 2.35. The normalized spacial score (nSPS) is 9.18. The van der Waals surface area contributed by atoms with E-state index in [-0.39, 0.29) is 5.76 Å². The van der Waals surface area contributed by atoms with Crippen molar-refractivity contribution in [2.45, 2.75) is 6.92 Å². The molecule has 1 aromatic rings. The fourth-order valence-electron chi connectivity index (χ4n) is 0.603. The summed E-state index contributed by atoms with van der Waals surface area (Å²) in [5.74, 6) is 0.0295. The van der Waals surface area contributed by atoms with Crippen LogP contribution in [-0.4, -0.2) is 5.97 Å². The third kappa shape index (κ3) is 1.97. The molecule has 0 saturated heterocycles. The SMILES string of the molecule is C=C(C)OC(=O)c1ccco1. The van der Waals surface area contributed by atoms with E-state index in [0.29, 0.717) is 5.76 Å². The second kappa shape index (κ2) is 3.05. The maximum absolute atomic E-state index is 10.9. The van der Waals surface area contributed by atoms with Crippen LogP contribution in [0, 0.1) is 0 Å². The van der Waals surface area contributed by atoms with Crippen molar-refractivity contribution >= 4 is 5.97 Å². The van der Waals surface area contributed by atoms with Crippen molar-refractivity contribution in [1.29, 1.82) is 0 Å². The Hall–Kier alpha value is -1.51. The summed E-state index contributed by atoms with van der Waals surface area (Å²) in [5.41, 5.74) is 0. The molecule has 0 spiro atoms. The van der Waals surface area contributed by atoms with Crippen LogP contribution >= 0.6 is 0 Å². The maximum atomic E-state index is 10.9. The van der Waals surface area contributed by atoms with Crippen molar-refractivity contribution in [2.24, 2.45) is 0 Å². The van der Waals surface area contributed by atoms with Gasteiger partial charge in [0.2, 0.25) is 5.76 Å². The highest BCUT2D eigenvalue weighted by atomic mass is 16.5. The largest absolute Gasteiger partial charge is 0.457 e. The van der Waals surface area contributed by atoms with E-state index in [1.54, 1.807) is 13.0 Å². The number of hydrogen-bond acceptors (Lipinski definition) is 3. The van der Waals surface area contributed by atoms with Crippen LogP contribution in [0.25, 0.3) is 0 Å². The minimum absolute atomic E-state index is 0.188. The van der Waals surface area contributed by atoms with Gasteiger partial charge in [0.15, 0.2) is 0 Å². The summed E-state index contributed by atoms with van der Waals surface area (Å²) in [6, 6.07) is 3.15. The fourth-order valence-corrected chi connectivity index (χ4v) is 0.603. The Labute approximate surface area is 64.3 Å². The first-order valence-corrected chi connectivity index (χ1v) is 3.11. The number of carbonyl (C=O) groups excluding carboxylic acids is 1. The summed E-state index contributed by atoms with van der Waals surface area (Å²) in [5, 5.41) is 0. The summed E-state index contributed by atoms with van der Waals surface area (Å²) in [6.07, 6.45) is 1.41. The molecule has 1 aromatic heterocycles. The van der Waals surface area contributed by atoms with Gasteiger partial charge in [0.05, 0.1) is 12.0 Å². The molecule has 0 amide bonds. The van der Waals surface area contributed by atoms with E-state index in [9.17, 15) is 4.79 Å². The van der Waals surface area contributed by atoms with Gasteiger partial charge in [-0.25, -0.2) is 4.79 Å². The molecule has 0 aliphatic heterocycles. The molecule has 1 rings (SSSR count). The van der Waals surface area contributed by atoms with Gasteiger partial charge in [-0.1, -0.05) is 6.58 Å². The predicted molar refractivity (Wildman–Crippen MR) is 38.9 cm³/mol. The number of esters is 1. The zero-order chi connectivity index (χ0) is 8.27. The van der Waals surface area contributed by atoms with Crippen LogP contribution in [0.2, 0.25) is 0 Å². The van der Waals surface area contributed by atoms with Crippen LogP contribution in [0.4, 0.5) is 0 Å². The molecule has 0 radical (unpaired) electrons. The van der Waals surface area contributed by atoms with E-state index in [1.807, 2.05) is 0 Å². The van der Waals surface area contributed by atoms with Gasteiger partial charge in [-0.2, -0.15) is 0 Å². The molecule has 0 saturated carbocycles. The topological polar surface area (TPSA) is 39.4 Å². The van der Waals surface area contributed by atoms with Crippen molar-refractivity contribution in [3.8, 4) is 0 Å². The second-order valence-corrected chi connectivity index (χ2v) is 2.07. The van der Waals surface area contributed by atoms with Crippen LogP contribution in [-0.2, 0) is 4.74 Å². The molecule has 1 heterocycles. The van der Waals surface area contributed by atoms with Gasteiger partial charge in [0.25, 0.3) is 0 Å². The van der Waals surface area contributed by atoms with E-state index >= 15 is 0 Å². The van der Waals surface area contributed by atoms with Crippen molar-refractivity contribution < 1.29 is 13.9 Å². The number of furan rings is 1. The van der Waals surface area contributed by atoms with E-state index in [0.717, 1.165) is 0 Å². The van der Waals surface area contributed by atoms with Crippen LogP contribution < -0.4 is 0 Å². The van der Waals surface area contributed by atoms with E-state index in [2.05, 4.69) is 11.3 Å². The molecule has 0 aliphatic carbocycles. The first-order chi connectivity index (χ1) is 5.20. The van der Waals surface area contributed by atoms with Gasteiger partial charge in [-0.3, -0.25) is 0 Å². The van der Waals surface area contributed by atoms with Gasteiger partial charge in [0.1, 0.15) is 0 Å². The Balaban J connectivity index is 2.64. The zero-order valence-corrected chi connectivity index (χ0v) is 6.16. The predicted octanol–water partition coefficient (Wildman–Crippen LogP) is 1.97. The summed E-state index contributed by atoms with van der Waals surface area (Å²) in [4.78, 5) is 10.9. The summed E-state index contributed by atoms with van der Waals surface area (Å²) in [7, 11) is 0. The third-order valence-electron chi connectivity index (χ3n) is 0.989. The molecule has 58 valence electrons. The average molecular weight is 152 g/mol. The smallest absolute Gasteiger partial charge is 0.379 e. The van der Waals surface area contributed by atoms with E-state index in [1.165, 1.54) is 12.3 Å². The Morgan fingerprint density at radius 3 is 2.91 bits per heavy atom. The van der Waals surface area contributed by atoms with Crippen LogP contribution in [0.3, 0.4) is 0 Å². The quantitative estimate of drug-likeness (QED) is 0.480. The van der Waals surface area contributed by atoms with Crippen molar-refractivity contribution in [2.75, 3.05) is 0 Å². The summed E-state index contributed by atoms with van der Waals surface area (Å²) in [6.45, 7) is 5.02. The van der Waals surface area contributed by atoms with Gasteiger partial charge in [-0.15, -0.1) is 0 Å². The summed E-state index contributed by atoms with van der Waals surface area (Å²) >= 11 is 0. The lowest BCUT2D eigenvalue weighted by molar-refractivity contribution is 0.0592. The molecule has 3 heteroatoms. The van der Waals surface area contributed by atoms with Gasteiger partial charge in [0, 0.05) is 0 Å². The van der Waals surface area contributed by atoms with Crippen LogP contribution in [0.5, 0.6) is 0 Å². The number of ether oxygens (including phenoxy) is 1. The Kier molecular flexibility index (Phi) is 2.11. The van der Waals surface area contributed by atoms with Crippen LogP contribution in [0.1, 0.15) is 17.5 Å². The molecule has 0 N–H and O–H groups in total. The molecule has 0 fully saturated rings. The second-order valence-electron chi connectivity index (χ2n) is 2.07. The Morgan fingerprint density at radius 2 is 2.45 bits per heavy atom. The fraction of sp³-hybridized carbons (Fsp3) is 0.125. The van der Waals surface area contributed by atoms with E-state index < -0.39 is 5.97 Å². The van der Waals surface area contributed by atoms with Crippen molar-refractivity contribution in [3.05, 3.63) is 36.5 Å². The molecular weight excluding hydrogens is 144 g/mol. The molecule has 3 nitrogen and oxygen atoms in total. The lowest BCUT2D eigenvalue weighted by Gasteiger charge is -1.97. The summed E-state index contributed by atoms with van der Waals surface area (Å²) < 4.78 is 9.45. The van der Waals surface area contributed by atoms with Crippen LogP contribution in [0.15, 0.2) is 35.2 Å². The number of carbonyl (C=O) groups is 1. The highest BCUT2D eigenvalue weighted by Crippen LogP contribution is 2.04. The third-order valence-corrected chi connectivity index (χ3v) is 0.989. The molecule has 11 heavy (non-hydrogen) atoms. The van der Waals surface area contributed by atoms with E-state index in [4.69, 9.17) is 4.42 Å². The Bertz CT molecular complexity index is 259. The molecule has 0 atom stereocenters. The monoisotopic (exact) mass is 152 g/mol. The highest BCUT2D eigenvalue weighted by molar-refractivity contribution is 5.86. The lowest BCUT2D eigenvalue weighted by Crippen LogP contribution is -2.00. The minimum atomic E-state index is -0.512. The standard InChI is InChI=1S/C8H8O3/c1-6(2)11-8(9)7-4-3-5-10-7/h3-5H,1H2,2H3. The first kappa shape index (κ1) is 7.60. The first-order valence-electron chi connectivity index (χ1n) is 3.11. The van der Waals surface area contributed by atoms with Gasteiger partial charge in [-0.05, 0) is 19.1 Å². The van der Waals surface area contributed by atoms with Gasteiger partial charge >= 0.3 is 5.97 Å². The van der Waals surface area contributed by atoms with Crippen molar-refractivity contribution in [3.63, 3.8) is 0 Å². The zero-order valence-electron chi connectivity index (χ0n) is 6.16. The molecular formula is C8H8O3. The highest BCUT2D eigenvalue weighted by Gasteiger charge is 2.09. The van der Waals surface area contributed by atoms with Gasteiger partial charge < -0.3 is 9.15 Å². The minimum Gasteiger partial charge on any atom is -0.457 e. The number of hydrogen-bond donors (Lipinski definition) is 0. The molecule has 0 aromatic carbocycles. The maximum Gasteiger partial charge on any atom is 0.379 e. The molecule has 0 unspecified atom stereocenters. The number of rotatable bonds is 2. The van der Waals surface area contributed by atoms with Crippen molar-refractivity contribution in [1.82, 2.24) is 0 Å². The number of allylic oxidation sites excluding steroid dienone is 1. The molecule has 0 aliphatic rings. The molecule has 0 bridgehead atoms.